The summed E-state index contributed by atoms with van der Waals surface area (Å²) in [5.41, 5.74) is 3.21. The first-order valence-electron chi connectivity index (χ1n) is 12.1. The summed E-state index contributed by atoms with van der Waals surface area (Å²) in [5, 5.41) is 0. The Labute approximate surface area is 213 Å². The van der Waals surface area contributed by atoms with Crippen LogP contribution in [0.25, 0.3) is 0 Å². The molecular formula is C30H34O4S. The van der Waals surface area contributed by atoms with Gasteiger partial charge in [-0.2, -0.15) is 0 Å². The largest absolute Gasteiger partial charge is 0.492 e. The summed E-state index contributed by atoms with van der Waals surface area (Å²) in [4.78, 5) is 1.13. The van der Waals surface area contributed by atoms with Crippen LogP contribution < -0.4 is 0 Å². The van der Waals surface area contributed by atoms with E-state index in [0.29, 0.717) is 13.2 Å². The average Bonchev–Trinajstić information content (AvgIpc) is 2.89. The Kier molecular flexibility index (Phi) is 9.43. The Hall–Kier alpha value is -2.57. The number of rotatable bonds is 10. The lowest BCUT2D eigenvalue weighted by atomic mass is 9.99. The van der Waals surface area contributed by atoms with Crippen molar-refractivity contribution in [3.05, 3.63) is 114 Å². The number of thioether (sulfide) groups is 1. The van der Waals surface area contributed by atoms with Gasteiger partial charge < -0.3 is 18.9 Å². The zero-order valence-corrected chi connectivity index (χ0v) is 21.4. The smallest absolute Gasteiger partial charge is 0.162 e. The predicted molar refractivity (Wildman–Crippen MR) is 141 cm³/mol. The molecule has 4 rings (SSSR count). The van der Waals surface area contributed by atoms with Gasteiger partial charge in [0.25, 0.3) is 0 Å². The molecule has 3 aromatic rings. The summed E-state index contributed by atoms with van der Waals surface area (Å²) >= 11 is 1.66. The predicted octanol–water partition coefficient (Wildman–Crippen LogP) is 6.92. The van der Waals surface area contributed by atoms with Crippen molar-refractivity contribution in [3.8, 4) is 0 Å². The quantitative estimate of drug-likeness (QED) is 0.288. The molecular weight excluding hydrogens is 456 g/mol. The van der Waals surface area contributed by atoms with E-state index in [1.54, 1.807) is 18.0 Å². The molecule has 5 atom stereocenters. The molecule has 0 N–H and O–H groups in total. The van der Waals surface area contributed by atoms with Crippen molar-refractivity contribution in [1.82, 2.24) is 0 Å². The van der Waals surface area contributed by atoms with E-state index in [9.17, 15) is 0 Å². The van der Waals surface area contributed by atoms with Crippen molar-refractivity contribution in [2.45, 2.75) is 68.7 Å². The van der Waals surface area contributed by atoms with Crippen molar-refractivity contribution in [3.63, 3.8) is 0 Å². The molecule has 35 heavy (non-hydrogen) atoms. The topological polar surface area (TPSA) is 36.9 Å². The highest BCUT2D eigenvalue weighted by Crippen LogP contribution is 2.37. The first-order chi connectivity index (χ1) is 17.1. The average molecular weight is 491 g/mol. The van der Waals surface area contributed by atoms with Gasteiger partial charge in [-0.15, -0.1) is 0 Å². The molecule has 1 fully saturated rings. The monoisotopic (exact) mass is 490 g/mol. The van der Waals surface area contributed by atoms with E-state index in [2.05, 4.69) is 62.4 Å². The molecule has 3 aromatic carbocycles. The lowest BCUT2D eigenvalue weighted by Gasteiger charge is -2.44. The summed E-state index contributed by atoms with van der Waals surface area (Å²) in [6, 6.07) is 28.9. The number of allylic oxidation sites excluding steroid dienone is 1. The molecule has 4 nitrogen and oxygen atoms in total. The van der Waals surface area contributed by atoms with E-state index in [1.165, 1.54) is 5.56 Å². The Balaban J connectivity index is 1.58. The summed E-state index contributed by atoms with van der Waals surface area (Å²) < 4.78 is 25.8. The third kappa shape index (κ3) is 7.21. The van der Waals surface area contributed by atoms with Crippen LogP contribution >= 0.6 is 11.8 Å². The number of aryl methyl sites for hydroxylation is 1. The third-order valence-electron chi connectivity index (χ3n) is 5.94. The van der Waals surface area contributed by atoms with Crippen LogP contribution in [0.2, 0.25) is 0 Å². The lowest BCUT2D eigenvalue weighted by molar-refractivity contribution is -0.230. The molecule has 0 unspecified atom stereocenters. The maximum atomic E-state index is 6.56. The number of ether oxygens (including phenoxy) is 4. The van der Waals surface area contributed by atoms with Crippen LogP contribution in [0.1, 0.15) is 30.5 Å². The summed E-state index contributed by atoms with van der Waals surface area (Å²) in [6.45, 7) is 7.05. The molecule has 0 radical (unpaired) electrons. The van der Waals surface area contributed by atoms with Gasteiger partial charge in [-0.3, -0.25) is 0 Å². The van der Waals surface area contributed by atoms with Gasteiger partial charge in [-0.05, 0) is 44.0 Å². The molecule has 0 bridgehead atoms. The molecule has 5 heteroatoms. The fourth-order valence-corrected chi connectivity index (χ4v) is 5.23. The second kappa shape index (κ2) is 12.9. The van der Waals surface area contributed by atoms with Crippen LogP contribution in [0.4, 0.5) is 0 Å². The van der Waals surface area contributed by atoms with Crippen LogP contribution in [0.3, 0.4) is 0 Å². The molecule has 1 aliphatic rings. The molecule has 0 spiro atoms. The van der Waals surface area contributed by atoms with Crippen LogP contribution in [-0.4, -0.2) is 29.9 Å². The second-order valence-electron chi connectivity index (χ2n) is 8.73. The van der Waals surface area contributed by atoms with E-state index >= 15 is 0 Å². The van der Waals surface area contributed by atoms with Gasteiger partial charge in [-0.25, -0.2) is 0 Å². The molecule has 1 aliphatic heterocycles. The van der Waals surface area contributed by atoms with Gasteiger partial charge in [0.15, 0.2) is 6.10 Å². The first kappa shape index (κ1) is 25.5. The minimum Gasteiger partial charge on any atom is -0.492 e. The lowest BCUT2D eigenvalue weighted by Crippen LogP contribution is -2.58. The summed E-state index contributed by atoms with van der Waals surface area (Å²) in [5.74, 6) is 0. The highest BCUT2D eigenvalue weighted by atomic mass is 32.2. The minimum absolute atomic E-state index is 0.173. The minimum atomic E-state index is -0.349. The van der Waals surface area contributed by atoms with Crippen LogP contribution in [-0.2, 0) is 32.2 Å². The number of hydrogen-bond acceptors (Lipinski definition) is 5. The van der Waals surface area contributed by atoms with Gasteiger partial charge in [-0.1, -0.05) is 96.2 Å². The first-order valence-corrected chi connectivity index (χ1v) is 13.0. The molecule has 1 heterocycles. The maximum absolute atomic E-state index is 6.56. The zero-order valence-electron chi connectivity index (χ0n) is 20.6. The normalized spacial score (nSPS) is 24.5. The fraction of sp³-hybridized carbons (Fsp3) is 0.333. The molecule has 0 aliphatic carbocycles. The van der Waals surface area contributed by atoms with Crippen molar-refractivity contribution >= 4 is 11.8 Å². The standard InChI is InChI=1S/C30H34O4S/c1-4-19-31-29-28(33-21-25-13-9-6-10-14-25)27(32-20-24-11-7-5-8-12-24)23(3)34-30(29)35-26-17-15-22(2)16-18-26/h4-19,23,27-30H,20-21H2,1-3H3/b19-4+/t23-,27-,28+,29+,30-/m0/s1. The van der Waals surface area contributed by atoms with Gasteiger partial charge in [0.1, 0.15) is 17.6 Å². The Morgan fingerprint density at radius 1 is 0.771 bits per heavy atom. The Morgan fingerprint density at radius 3 is 1.91 bits per heavy atom. The number of benzene rings is 3. The van der Waals surface area contributed by atoms with Crippen molar-refractivity contribution < 1.29 is 18.9 Å². The van der Waals surface area contributed by atoms with Crippen molar-refractivity contribution in [2.75, 3.05) is 0 Å². The van der Waals surface area contributed by atoms with E-state index in [4.69, 9.17) is 18.9 Å². The van der Waals surface area contributed by atoms with E-state index < -0.39 is 0 Å². The van der Waals surface area contributed by atoms with Gasteiger partial charge in [0, 0.05) is 4.90 Å². The van der Waals surface area contributed by atoms with Crippen molar-refractivity contribution in [2.24, 2.45) is 0 Å². The van der Waals surface area contributed by atoms with E-state index in [1.807, 2.05) is 49.4 Å². The van der Waals surface area contributed by atoms with Gasteiger partial charge in [0.2, 0.25) is 0 Å². The maximum Gasteiger partial charge on any atom is 0.162 e. The summed E-state index contributed by atoms with van der Waals surface area (Å²) in [7, 11) is 0. The summed E-state index contributed by atoms with van der Waals surface area (Å²) in [6.07, 6.45) is 2.48. The molecule has 0 aromatic heterocycles. The SMILES string of the molecule is C/C=C/O[C@@H]1[C@H](OCc2ccccc2)[C@@H](OCc2ccccc2)[C@H](C)O[C@H]1Sc1ccc(C)cc1. The number of hydrogen-bond donors (Lipinski definition) is 0. The Morgan fingerprint density at radius 2 is 1.34 bits per heavy atom. The molecule has 0 saturated carbocycles. The van der Waals surface area contributed by atoms with Crippen molar-refractivity contribution in [1.29, 1.82) is 0 Å². The van der Waals surface area contributed by atoms with Crippen LogP contribution in [0.5, 0.6) is 0 Å². The van der Waals surface area contributed by atoms with E-state index in [0.717, 1.165) is 16.0 Å². The highest BCUT2D eigenvalue weighted by molar-refractivity contribution is 7.99. The Bertz CT molecular complexity index is 1040. The highest BCUT2D eigenvalue weighted by Gasteiger charge is 2.47. The molecule has 184 valence electrons. The van der Waals surface area contributed by atoms with Gasteiger partial charge in [0.05, 0.1) is 25.6 Å². The van der Waals surface area contributed by atoms with E-state index in [-0.39, 0.29) is 29.9 Å². The fourth-order valence-electron chi connectivity index (χ4n) is 4.09. The van der Waals surface area contributed by atoms with Crippen LogP contribution in [0, 0.1) is 6.92 Å². The molecule has 0 amide bonds. The van der Waals surface area contributed by atoms with Crippen LogP contribution in [0.15, 0.2) is 102 Å². The second-order valence-corrected chi connectivity index (χ2v) is 9.90. The third-order valence-corrected chi connectivity index (χ3v) is 7.10. The molecule has 1 saturated heterocycles. The van der Waals surface area contributed by atoms with Gasteiger partial charge >= 0.3 is 0 Å². The zero-order chi connectivity index (χ0) is 24.5.